The molecule has 0 amide bonds. The van der Waals surface area contributed by atoms with Gasteiger partial charge >= 0.3 is 5.97 Å². The number of hydrogen-bond donors (Lipinski definition) is 1. The molecular weight excluding hydrogens is 180 g/mol. The van der Waals surface area contributed by atoms with Gasteiger partial charge in [0.1, 0.15) is 0 Å². The summed E-state index contributed by atoms with van der Waals surface area (Å²) in [6.07, 6.45) is 8.25. The fraction of sp³-hybridized carbons (Fsp3) is 0.545. The summed E-state index contributed by atoms with van der Waals surface area (Å²) in [5, 5.41) is 9.38. The van der Waals surface area contributed by atoms with Crippen molar-refractivity contribution in [2.75, 3.05) is 0 Å². The molecule has 0 saturated heterocycles. The molecule has 0 aromatic heterocycles. The van der Waals surface area contributed by atoms with Crippen LogP contribution in [0.3, 0.4) is 0 Å². The van der Waals surface area contributed by atoms with Gasteiger partial charge in [-0.15, -0.1) is 0 Å². The zero-order valence-corrected chi connectivity index (χ0v) is 8.62. The van der Waals surface area contributed by atoms with E-state index in [1.165, 1.54) is 13.0 Å². The van der Waals surface area contributed by atoms with E-state index in [2.05, 4.69) is 6.92 Å². The third-order valence-corrected chi connectivity index (χ3v) is 1.98. The third-order valence-electron chi connectivity index (χ3n) is 1.98. The lowest BCUT2D eigenvalue weighted by molar-refractivity contribution is -0.172. The number of allylic oxidation sites excluding steroid dienone is 1. The van der Waals surface area contributed by atoms with Gasteiger partial charge in [0.2, 0.25) is 5.79 Å². The molecule has 3 heteroatoms. The lowest BCUT2D eigenvalue weighted by Gasteiger charge is -2.11. The molecule has 0 bridgehead atoms. The van der Waals surface area contributed by atoms with Gasteiger partial charge in [-0.1, -0.05) is 31.9 Å². The topological polar surface area (TPSA) is 46.5 Å². The maximum atomic E-state index is 11.2. The molecule has 0 aromatic rings. The lowest BCUT2D eigenvalue weighted by Crippen LogP contribution is -2.22. The van der Waals surface area contributed by atoms with Crippen molar-refractivity contribution in [2.45, 2.75) is 38.9 Å². The average Bonchev–Trinajstić information content (AvgIpc) is 2.34. The maximum absolute atomic E-state index is 11.2. The van der Waals surface area contributed by atoms with Crippen molar-refractivity contribution in [3.63, 3.8) is 0 Å². The summed E-state index contributed by atoms with van der Waals surface area (Å²) < 4.78 is 4.69. The van der Waals surface area contributed by atoms with Gasteiger partial charge in [0.25, 0.3) is 0 Å². The molecule has 0 unspecified atom stereocenters. The minimum Gasteiger partial charge on any atom is -0.426 e. The Bertz CT molecular complexity index is 274. The Morgan fingerprint density at radius 1 is 1.64 bits per heavy atom. The molecular formula is C11H16O3. The first-order chi connectivity index (χ1) is 6.55. The summed E-state index contributed by atoms with van der Waals surface area (Å²) in [4.78, 5) is 11.2. The minimum absolute atomic E-state index is 0.436. The Kier molecular flexibility index (Phi) is 3.47. The van der Waals surface area contributed by atoms with Gasteiger partial charge < -0.3 is 9.84 Å². The molecule has 1 rings (SSSR count). The molecule has 0 radical (unpaired) electrons. The van der Waals surface area contributed by atoms with Crippen LogP contribution in [0.2, 0.25) is 0 Å². The van der Waals surface area contributed by atoms with E-state index in [4.69, 9.17) is 4.74 Å². The van der Waals surface area contributed by atoms with E-state index >= 15 is 0 Å². The van der Waals surface area contributed by atoms with Crippen molar-refractivity contribution in [1.82, 2.24) is 0 Å². The standard InChI is InChI=1S/C11H16O3/c1-3-4-5-6-7-9-8-11(2,13)14-10(9)12/h6-8,13H,3-5H2,1-2H3/b7-6-/t11-/m1/s1. The normalized spacial score (nSPS) is 26.8. The van der Waals surface area contributed by atoms with Crippen LogP contribution in [0.15, 0.2) is 23.8 Å². The van der Waals surface area contributed by atoms with Gasteiger partial charge in [0.05, 0.1) is 5.57 Å². The summed E-state index contributed by atoms with van der Waals surface area (Å²) >= 11 is 0. The summed E-state index contributed by atoms with van der Waals surface area (Å²) in [7, 11) is 0. The lowest BCUT2D eigenvalue weighted by atomic mass is 10.1. The number of rotatable bonds is 4. The molecule has 14 heavy (non-hydrogen) atoms. The second kappa shape index (κ2) is 4.42. The molecule has 1 atom stereocenters. The first kappa shape index (κ1) is 11.0. The molecule has 1 aliphatic rings. The smallest absolute Gasteiger partial charge is 0.340 e. The van der Waals surface area contributed by atoms with E-state index in [-0.39, 0.29) is 0 Å². The zero-order valence-electron chi connectivity index (χ0n) is 8.62. The number of ether oxygens (including phenoxy) is 1. The predicted octanol–water partition coefficient (Wildman–Crippen LogP) is 1.92. The fourth-order valence-electron chi connectivity index (χ4n) is 1.27. The number of cyclic esters (lactones) is 1. The van der Waals surface area contributed by atoms with Crippen LogP contribution in [0, 0.1) is 0 Å². The average molecular weight is 196 g/mol. The van der Waals surface area contributed by atoms with Crippen LogP contribution in [0.4, 0.5) is 0 Å². The summed E-state index contributed by atoms with van der Waals surface area (Å²) in [5.41, 5.74) is 0.436. The van der Waals surface area contributed by atoms with E-state index in [1.807, 2.05) is 6.08 Å². The number of unbranched alkanes of at least 4 members (excludes halogenated alkanes) is 2. The molecule has 0 aromatic carbocycles. The van der Waals surface area contributed by atoms with Gasteiger partial charge in [0.15, 0.2) is 0 Å². The van der Waals surface area contributed by atoms with Crippen molar-refractivity contribution in [3.8, 4) is 0 Å². The van der Waals surface area contributed by atoms with Crippen LogP contribution in [-0.2, 0) is 9.53 Å². The Hall–Kier alpha value is -1.09. The van der Waals surface area contributed by atoms with E-state index in [9.17, 15) is 9.90 Å². The molecule has 0 saturated carbocycles. The Morgan fingerprint density at radius 3 is 2.86 bits per heavy atom. The van der Waals surface area contributed by atoms with Crippen molar-refractivity contribution in [1.29, 1.82) is 0 Å². The van der Waals surface area contributed by atoms with Crippen LogP contribution >= 0.6 is 0 Å². The highest BCUT2D eigenvalue weighted by Gasteiger charge is 2.32. The Labute approximate surface area is 84.1 Å². The number of hydrogen-bond acceptors (Lipinski definition) is 3. The van der Waals surface area contributed by atoms with Gasteiger partial charge in [-0.2, -0.15) is 0 Å². The van der Waals surface area contributed by atoms with E-state index in [1.54, 1.807) is 6.08 Å². The number of carbonyl (C=O) groups excluding carboxylic acids is 1. The van der Waals surface area contributed by atoms with E-state index in [0.717, 1.165) is 19.3 Å². The van der Waals surface area contributed by atoms with E-state index < -0.39 is 11.8 Å². The maximum Gasteiger partial charge on any atom is 0.340 e. The highest BCUT2D eigenvalue weighted by molar-refractivity contribution is 5.94. The SMILES string of the molecule is CCCC/C=C\C1=C[C@](C)(O)OC1=O. The molecule has 1 aliphatic heterocycles. The number of aliphatic hydroxyl groups is 1. The minimum atomic E-state index is -1.43. The highest BCUT2D eigenvalue weighted by atomic mass is 16.7. The van der Waals surface area contributed by atoms with Crippen LogP contribution in [0.5, 0.6) is 0 Å². The molecule has 0 aliphatic carbocycles. The first-order valence-electron chi connectivity index (χ1n) is 4.90. The quantitative estimate of drug-likeness (QED) is 0.552. The fourth-order valence-corrected chi connectivity index (χ4v) is 1.27. The molecule has 78 valence electrons. The van der Waals surface area contributed by atoms with Crippen molar-refractivity contribution in [2.24, 2.45) is 0 Å². The summed E-state index contributed by atoms with van der Waals surface area (Å²) in [6.45, 7) is 3.56. The predicted molar refractivity (Wildman–Crippen MR) is 53.5 cm³/mol. The summed E-state index contributed by atoms with van der Waals surface area (Å²) in [5.74, 6) is -1.88. The largest absolute Gasteiger partial charge is 0.426 e. The van der Waals surface area contributed by atoms with Gasteiger partial charge in [-0.25, -0.2) is 4.79 Å². The molecule has 1 N–H and O–H groups in total. The zero-order chi connectivity index (χ0) is 10.6. The molecule has 3 nitrogen and oxygen atoms in total. The number of carbonyl (C=O) groups is 1. The van der Waals surface area contributed by atoms with Gasteiger partial charge in [-0.3, -0.25) is 0 Å². The second-order valence-corrected chi connectivity index (χ2v) is 3.59. The van der Waals surface area contributed by atoms with Crippen molar-refractivity contribution in [3.05, 3.63) is 23.8 Å². The van der Waals surface area contributed by atoms with Crippen LogP contribution in [0.25, 0.3) is 0 Å². The van der Waals surface area contributed by atoms with Crippen LogP contribution in [-0.4, -0.2) is 16.9 Å². The summed E-state index contributed by atoms with van der Waals surface area (Å²) in [6, 6.07) is 0. The van der Waals surface area contributed by atoms with Gasteiger partial charge in [-0.05, 0) is 6.42 Å². The van der Waals surface area contributed by atoms with Crippen LogP contribution < -0.4 is 0 Å². The van der Waals surface area contributed by atoms with Crippen molar-refractivity contribution >= 4 is 5.97 Å². The molecule has 1 heterocycles. The molecule has 0 spiro atoms. The van der Waals surface area contributed by atoms with Crippen molar-refractivity contribution < 1.29 is 14.6 Å². The first-order valence-corrected chi connectivity index (χ1v) is 4.90. The Morgan fingerprint density at radius 2 is 2.36 bits per heavy atom. The highest BCUT2D eigenvalue weighted by Crippen LogP contribution is 2.22. The Balaban J connectivity index is 2.52. The number of esters is 1. The van der Waals surface area contributed by atoms with Gasteiger partial charge in [0, 0.05) is 13.0 Å². The monoisotopic (exact) mass is 196 g/mol. The van der Waals surface area contributed by atoms with Crippen LogP contribution in [0.1, 0.15) is 33.1 Å². The second-order valence-electron chi connectivity index (χ2n) is 3.59. The van der Waals surface area contributed by atoms with E-state index in [0.29, 0.717) is 5.57 Å². The molecule has 0 fully saturated rings. The third kappa shape index (κ3) is 3.00.